The summed E-state index contributed by atoms with van der Waals surface area (Å²) in [7, 11) is 2.23. The maximum absolute atomic E-state index is 5.46. The molecule has 0 bridgehead atoms. The van der Waals surface area contributed by atoms with Crippen molar-refractivity contribution in [2.24, 2.45) is 0 Å². The topological polar surface area (TPSA) is 21.7 Å². The molecule has 0 atom stereocenters. The van der Waals surface area contributed by atoms with Crippen LogP contribution in [0.5, 0.6) is 11.5 Å². The van der Waals surface area contributed by atoms with Crippen molar-refractivity contribution in [1.29, 1.82) is 0 Å². The van der Waals surface area contributed by atoms with Crippen LogP contribution in [0, 0.1) is 0 Å². The maximum Gasteiger partial charge on any atom is 0.231 e. The van der Waals surface area contributed by atoms with Crippen molar-refractivity contribution in [2.45, 2.75) is 44.7 Å². The van der Waals surface area contributed by atoms with Crippen LogP contribution < -0.4 is 9.47 Å². The third-order valence-corrected chi connectivity index (χ3v) is 4.90. The Morgan fingerprint density at radius 2 is 1.84 bits per heavy atom. The standard InChI is InChI=1S/C15H20BrNO2/c1-17(12-5-3-2-4-6-12)9-11-7-14-15(8-13(11)16)19-10-18-14/h7-8,12H,2-6,9-10H2,1H3. The Hall–Kier alpha value is -0.740. The quantitative estimate of drug-likeness (QED) is 0.840. The third kappa shape index (κ3) is 2.90. The van der Waals surface area contributed by atoms with Crippen LogP contribution in [0.15, 0.2) is 16.6 Å². The van der Waals surface area contributed by atoms with Crippen molar-refractivity contribution in [1.82, 2.24) is 4.90 Å². The van der Waals surface area contributed by atoms with E-state index in [0.717, 1.165) is 28.6 Å². The summed E-state index contributed by atoms with van der Waals surface area (Å²) in [5, 5.41) is 0. The van der Waals surface area contributed by atoms with E-state index in [4.69, 9.17) is 9.47 Å². The Bertz CT molecular complexity index is 458. The van der Waals surface area contributed by atoms with E-state index in [1.165, 1.54) is 37.7 Å². The molecule has 0 N–H and O–H groups in total. The first-order valence-electron chi connectivity index (χ1n) is 7.02. The lowest BCUT2D eigenvalue weighted by Crippen LogP contribution is -2.32. The predicted octanol–water partition coefficient (Wildman–Crippen LogP) is 3.94. The van der Waals surface area contributed by atoms with Crippen molar-refractivity contribution >= 4 is 15.9 Å². The first-order chi connectivity index (χ1) is 9.24. The van der Waals surface area contributed by atoms with Crippen LogP contribution in [-0.4, -0.2) is 24.8 Å². The van der Waals surface area contributed by atoms with Gasteiger partial charge in [-0.25, -0.2) is 0 Å². The van der Waals surface area contributed by atoms with E-state index in [-0.39, 0.29) is 0 Å². The van der Waals surface area contributed by atoms with Gasteiger partial charge in [0.05, 0.1) is 0 Å². The van der Waals surface area contributed by atoms with Crippen molar-refractivity contribution in [2.75, 3.05) is 13.8 Å². The molecule has 104 valence electrons. The van der Waals surface area contributed by atoms with Gasteiger partial charge in [-0.3, -0.25) is 4.90 Å². The van der Waals surface area contributed by atoms with E-state index in [9.17, 15) is 0 Å². The highest BCUT2D eigenvalue weighted by molar-refractivity contribution is 9.10. The number of benzene rings is 1. The summed E-state index contributed by atoms with van der Waals surface area (Å²) in [5.74, 6) is 1.71. The fourth-order valence-corrected chi connectivity index (χ4v) is 3.45. The van der Waals surface area contributed by atoms with Crippen molar-refractivity contribution in [3.8, 4) is 11.5 Å². The molecule has 1 aliphatic heterocycles. The zero-order valence-corrected chi connectivity index (χ0v) is 12.9. The summed E-state index contributed by atoms with van der Waals surface area (Å²) in [6.45, 7) is 1.30. The zero-order valence-electron chi connectivity index (χ0n) is 11.3. The fourth-order valence-electron chi connectivity index (χ4n) is 3.00. The van der Waals surface area contributed by atoms with Gasteiger partial charge in [0, 0.05) is 17.1 Å². The van der Waals surface area contributed by atoms with Gasteiger partial charge in [-0.2, -0.15) is 0 Å². The Balaban J connectivity index is 1.72. The highest BCUT2D eigenvalue weighted by Crippen LogP contribution is 2.37. The van der Waals surface area contributed by atoms with Crippen LogP contribution in [0.4, 0.5) is 0 Å². The molecule has 0 radical (unpaired) electrons. The number of ether oxygens (including phenoxy) is 2. The van der Waals surface area contributed by atoms with Crippen LogP contribution in [0.25, 0.3) is 0 Å². The van der Waals surface area contributed by atoms with Crippen LogP contribution >= 0.6 is 15.9 Å². The van der Waals surface area contributed by atoms with Gasteiger partial charge in [0.1, 0.15) is 0 Å². The van der Waals surface area contributed by atoms with Gasteiger partial charge >= 0.3 is 0 Å². The first-order valence-corrected chi connectivity index (χ1v) is 7.81. The lowest BCUT2D eigenvalue weighted by atomic mass is 9.94. The summed E-state index contributed by atoms with van der Waals surface area (Å²) >= 11 is 3.64. The van der Waals surface area contributed by atoms with E-state index in [1.807, 2.05) is 6.07 Å². The lowest BCUT2D eigenvalue weighted by Gasteiger charge is -2.31. The Morgan fingerprint density at radius 1 is 1.16 bits per heavy atom. The number of nitrogens with zero attached hydrogens (tertiary/aromatic N) is 1. The highest BCUT2D eigenvalue weighted by Gasteiger charge is 2.21. The molecule has 3 nitrogen and oxygen atoms in total. The fraction of sp³-hybridized carbons (Fsp3) is 0.600. The summed E-state index contributed by atoms with van der Waals surface area (Å²) in [6, 6.07) is 4.85. The average molecular weight is 326 g/mol. The molecule has 1 fully saturated rings. The molecule has 1 saturated carbocycles. The molecule has 1 heterocycles. The van der Waals surface area contributed by atoms with E-state index >= 15 is 0 Å². The average Bonchev–Trinajstić information content (AvgIpc) is 2.87. The number of fused-ring (bicyclic) bond motifs is 1. The molecule has 2 aliphatic rings. The van der Waals surface area contributed by atoms with Gasteiger partial charge in [-0.1, -0.05) is 35.2 Å². The number of hydrogen-bond acceptors (Lipinski definition) is 3. The second-order valence-electron chi connectivity index (χ2n) is 5.50. The van der Waals surface area contributed by atoms with Gasteiger partial charge in [0.25, 0.3) is 0 Å². The second kappa shape index (κ2) is 5.71. The van der Waals surface area contributed by atoms with Crippen LogP contribution in [-0.2, 0) is 6.54 Å². The monoisotopic (exact) mass is 325 g/mol. The zero-order chi connectivity index (χ0) is 13.2. The molecule has 1 aromatic rings. The SMILES string of the molecule is CN(Cc1cc2c(cc1Br)OCO2)C1CCCCC1. The maximum atomic E-state index is 5.46. The molecule has 0 amide bonds. The van der Waals surface area contributed by atoms with E-state index in [2.05, 4.69) is 33.9 Å². The van der Waals surface area contributed by atoms with Gasteiger partial charge in [0.15, 0.2) is 11.5 Å². The molecule has 0 saturated heterocycles. The second-order valence-corrected chi connectivity index (χ2v) is 6.36. The van der Waals surface area contributed by atoms with Crippen molar-refractivity contribution in [3.63, 3.8) is 0 Å². The van der Waals surface area contributed by atoms with Crippen molar-refractivity contribution < 1.29 is 9.47 Å². The van der Waals surface area contributed by atoms with E-state index in [0.29, 0.717) is 6.79 Å². The summed E-state index contributed by atoms with van der Waals surface area (Å²) < 4.78 is 12.0. The van der Waals surface area contributed by atoms with Gasteiger partial charge < -0.3 is 9.47 Å². The Labute approximate surface area is 123 Å². The molecule has 0 aromatic heterocycles. The number of hydrogen-bond donors (Lipinski definition) is 0. The minimum absolute atomic E-state index is 0.337. The first kappa shape index (κ1) is 13.3. The van der Waals surface area contributed by atoms with Gasteiger partial charge in [-0.15, -0.1) is 0 Å². The van der Waals surface area contributed by atoms with Crippen LogP contribution in [0.3, 0.4) is 0 Å². The van der Waals surface area contributed by atoms with Crippen LogP contribution in [0.2, 0.25) is 0 Å². The minimum atomic E-state index is 0.337. The van der Waals surface area contributed by atoms with E-state index < -0.39 is 0 Å². The lowest BCUT2D eigenvalue weighted by molar-refractivity contribution is 0.173. The Morgan fingerprint density at radius 3 is 2.58 bits per heavy atom. The molecular formula is C15H20BrNO2. The van der Waals surface area contributed by atoms with Crippen LogP contribution in [0.1, 0.15) is 37.7 Å². The van der Waals surface area contributed by atoms with Gasteiger partial charge in [0.2, 0.25) is 6.79 Å². The summed E-state index contributed by atoms with van der Waals surface area (Å²) in [5.41, 5.74) is 1.28. The third-order valence-electron chi connectivity index (χ3n) is 4.16. The van der Waals surface area contributed by atoms with Crippen molar-refractivity contribution in [3.05, 3.63) is 22.2 Å². The van der Waals surface area contributed by atoms with Gasteiger partial charge in [-0.05, 0) is 37.6 Å². The van der Waals surface area contributed by atoms with E-state index in [1.54, 1.807) is 0 Å². The molecule has 3 rings (SSSR count). The molecule has 0 unspecified atom stereocenters. The summed E-state index contributed by atoms with van der Waals surface area (Å²) in [4.78, 5) is 2.47. The number of halogens is 1. The smallest absolute Gasteiger partial charge is 0.231 e. The highest BCUT2D eigenvalue weighted by atomic mass is 79.9. The Kier molecular flexibility index (Phi) is 3.99. The molecule has 4 heteroatoms. The predicted molar refractivity (Wildman–Crippen MR) is 78.6 cm³/mol. The molecule has 1 aromatic carbocycles. The summed E-state index contributed by atoms with van der Waals surface area (Å²) in [6.07, 6.45) is 6.81. The molecule has 0 spiro atoms. The number of rotatable bonds is 3. The molecule has 19 heavy (non-hydrogen) atoms. The largest absolute Gasteiger partial charge is 0.454 e. The minimum Gasteiger partial charge on any atom is -0.454 e. The normalized spacial score (nSPS) is 19.1. The molecular weight excluding hydrogens is 306 g/mol. The molecule has 1 aliphatic carbocycles.